The van der Waals surface area contributed by atoms with Crippen molar-refractivity contribution < 1.29 is 19.1 Å². The minimum absolute atomic E-state index is 0.452. The van der Waals surface area contributed by atoms with Crippen molar-refractivity contribution in [1.29, 1.82) is 0 Å². The summed E-state index contributed by atoms with van der Waals surface area (Å²) >= 11 is 0. The van der Waals surface area contributed by atoms with Gasteiger partial charge in [-0.05, 0) is 38.1 Å². The molecule has 0 fully saturated rings. The number of anilines is 2. The molecule has 2 amide bonds. The lowest BCUT2D eigenvalue weighted by atomic mass is 10.0. The Morgan fingerprint density at radius 2 is 1.92 bits per heavy atom. The summed E-state index contributed by atoms with van der Waals surface area (Å²) in [5.74, 6) is -0.101. The summed E-state index contributed by atoms with van der Waals surface area (Å²) < 4.78 is 11.2. The molecule has 0 saturated heterocycles. The van der Waals surface area contributed by atoms with Crippen LogP contribution in [0.1, 0.15) is 13.8 Å². The van der Waals surface area contributed by atoms with Gasteiger partial charge in [-0.2, -0.15) is 0 Å². The van der Waals surface area contributed by atoms with Crippen LogP contribution in [0.25, 0.3) is 0 Å². The third-order valence-electron chi connectivity index (χ3n) is 3.75. The fraction of sp³-hybridized carbons (Fsp3) is 0.222. The summed E-state index contributed by atoms with van der Waals surface area (Å²) in [5, 5.41) is 5.42. The van der Waals surface area contributed by atoms with Gasteiger partial charge in [-0.25, -0.2) is 0 Å². The lowest BCUT2D eigenvalue weighted by Gasteiger charge is -2.33. The smallest absolute Gasteiger partial charge is 0.278 e. The van der Waals surface area contributed by atoms with Crippen LogP contribution in [0, 0.1) is 0 Å². The summed E-state index contributed by atoms with van der Waals surface area (Å²) in [4.78, 5) is 25.1. The predicted octanol–water partition coefficient (Wildman–Crippen LogP) is 2.81. The third-order valence-corrected chi connectivity index (χ3v) is 3.75. The summed E-state index contributed by atoms with van der Waals surface area (Å²) in [6, 6.07) is 14.0. The minimum Gasteiger partial charge on any atom is -0.492 e. The number of hydrogen-bond acceptors (Lipinski definition) is 4. The van der Waals surface area contributed by atoms with E-state index in [2.05, 4.69) is 10.6 Å². The third kappa shape index (κ3) is 2.78. The van der Waals surface area contributed by atoms with Gasteiger partial charge in [0.25, 0.3) is 17.4 Å². The summed E-state index contributed by atoms with van der Waals surface area (Å²) in [7, 11) is 0. The molecule has 24 heavy (non-hydrogen) atoms. The van der Waals surface area contributed by atoms with Crippen molar-refractivity contribution in [3.63, 3.8) is 0 Å². The molecule has 0 bridgehead atoms. The van der Waals surface area contributed by atoms with Gasteiger partial charge in [-0.15, -0.1) is 0 Å². The zero-order valence-corrected chi connectivity index (χ0v) is 13.5. The molecular weight excluding hydrogens is 308 g/mol. The largest absolute Gasteiger partial charge is 0.492 e. The number of carbonyl (C=O) groups excluding carboxylic acids is 2. The Hall–Kier alpha value is -3.02. The molecule has 2 N–H and O–H groups in total. The van der Waals surface area contributed by atoms with Gasteiger partial charge in [-0.1, -0.05) is 24.3 Å². The Morgan fingerprint density at radius 1 is 1.21 bits per heavy atom. The first-order chi connectivity index (χ1) is 11.5. The molecule has 0 aromatic heterocycles. The van der Waals surface area contributed by atoms with Crippen LogP contribution in [0.15, 0.2) is 48.5 Å². The highest BCUT2D eigenvalue weighted by atomic mass is 16.5. The van der Waals surface area contributed by atoms with Gasteiger partial charge in [0.1, 0.15) is 11.5 Å². The van der Waals surface area contributed by atoms with Crippen LogP contribution in [0.5, 0.6) is 11.5 Å². The van der Waals surface area contributed by atoms with Gasteiger partial charge in [0, 0.05) is 0 Å². The van der Waals surface area contributed by atoms with E-state index in [-0.39, 0.29) is 0 Å². The van der Waals surface area contributed by atoms with Gasteiger partial charge in [0.2, 0.25) is 0 Å². The van der Waals surface area contributed by atoms with Gasteiger partial charge in [0.15, 0.2) is 0 Å². The Morgan fingerprint density at radius 3 is 2.71 bits per heavy atom. The molecule has 2 aromatic carbocycles. The molecule has 1 atom stereocenters. The molecule has 6 heteroatoms. The molecule has 1 unspecified atom stereocenters. The summed E-state index contributed by atoms with van der Waals surface area (Å²) in [6.07, 6.45) is 0. The maximum atomic E-state index is 12.7. The Balaban J connectivity index is 1.86. The van der Waals surface area contributed by atoms with Crippen LogP contribution in [-0.2, 0) is 9.59 Å². The van der Waals surface area contributed by atoms with E-state index >= 15 is 0 Å². The maximum Gasteiger partial charge on any atom is 0.278 e. The van der Waals surface area contributed by atoms with Crippen LogP contribution < -0.4 is 20.1 Å². The molecule has 124 valence electrons. The average Bonchev–Trinajstić information content (AvgIpc) is 2.58. The second-order valence-electron chi connectivity index (χ2n) is 5.47. The molecule has 2 aromatic rings. The number of carbonyl (C=O) groups is 2. The van der Waals surface area contributed by atoms with E-state index in [9.17, 15) is 9.59 Å². The van der Waals surface area contributed by atoms with Gasteiger partial charge < -0.3 is 20.1 Å². The standard InChI is InChI=1S/C18H18N2O4/c1-3-23-14-10-6-4-8-12(14)19-16(21)18(2)17(22)20-13-9-5-7-11-15(13)24-18/h4-11H,3H2,1-2H3,(H,19,21)(H,20,22). The molecule has 0 radical (unpaired) electrons. The fourth-order valence-corrected chi connectivity index (χ4v) is 2.41. The first kappa shape index (κ1) is 15.9. The van der Waals surface area contributed by atoms with Gasteiger partial charge in [-0.3, -0.25) is 9.59 Å². The molecule has 1 heterocycles. The van der Waals surface area contributed by atoms with Crippen molar-refractivity contribution in [3.8, 4) is 11.5 Å². The van der Waals surface area contributed by atoms with E-state index in [4.69, 9.17) is 9.47 Å². The van der Waals surface area contributed by atoms with E-state index in [0.29, 0.717) is 29.5 Å². The number of ether oxygens (including phenoxy) is 2. The van der Waals surface area contributed by atoms with E-state index in [1.807, 2.05) is 13.0 Å². The minimum atomic E-state index is -1.67. The van der Waals surface area contributed by atoms with Crippen LogP contribution >= 0.6 is 0 Å². The second kappa shape index (κ2) is 6.23. The van der Waals surface area contributed by atoms with Crippen molar-refractivity contribution in [2.24, 2.45) is 0 Å². The van der Waals surface area contributed by atoms with Gasteiger partial charge >= 0.3 is 0 Å². The van der Waals surface area contributed by atoms with Crippen molar-refractivity contribution in [3.05, 3.63) is 48.5 Å². The second-order valence-corrected chi connectivity index (χ2v) is 5.47. The van der Waals surface area contributed by atoms with Crippen LogP contribution in [-0.4, -0.2) is 24.0 Å². The molecule has 0 saturated carbocycles. The van der Waals surface area contributed by atoms with E-state index < -0.39 is 17.4 Å². The number of amides is 2. The first-order valence-corrected chi connectivity index (χ1v) is 7.67. The van der Waals surface area contributed by atoms with Crippen molar-refractivity contribution >= 4 is 23.2 Å². The molecule has 6 nitrogen and oxygen atoms in total. The van der Waals surface area contributed by atoms with Crippen molar-refractivity contribution in [2.75, 3.05) is 17.2 Å². The molecule has 1 aliphatic rings. The van der Waals surface area contributed by atoms with Crippen LogP contribution in [0.3, 0.4) is 0 Å². The highest BCUT2D eigenvalue weighted by Crippen LogP contribution is 2.34. The van der Waals surface area contributed by atoms with E-state index in [1.165, 1.54) is 6.92 Å². The molecule has 0 aliphatic carbocycles. The SMILES string of the molecule is CCOc1ccccc1NC(=O)C1(C)Oc2ccccc2NC1=O. The lowest BCUT2D eigenvalue weighted by Crippen LogP contribution is -2.56. The normalized spacial score (nSPS) is 18.8. The Bertz CT molecular complexity index is 790. The Kier molecular flexibility index (Phi) is 4.12. The zero-order valence-electron chi connectivity index (χ0n) is 13.5. The zero-order chi connectivity index (χ0) is 17.2. The predicted molar refractivity (Wildman–Crippen MR) is 90.3 cm³/mol. The quantitative estimate of drug-likeness (QED) is 0.847. The lowest BCUT2D eigenvalue weighted by molar-refractivity contribution is -0.143. The average molecular weight is 326 g/mol. The topological polar surface area (TPSA) is 76.7 Å². The van der Waals surface area contributed by atoms with Gasteiger partial charge in [0.05, 0.1) is 18.0 Å². The molecular formula is C18H18N2O4. The van der Waals surface area contributed by atoms with E-state index in [0.717, 1.165) is 0 Å². The highest BCUT2D eigenvalue weighted by molar-refractivity contribution is 6.19. The first-order valence-electron chi connectivity index (χ1n) is 7.67. The van der Waals surface area contributed by atoms with Crippen LogP contribution in [0.4, 0.5) is 11.4 Å². The summed E-state index contributed by atoms with van der Waals surface area (Å²) in [5.41, 5.74) is -0.642. The monoisotopic (exact) mass is 326 g/mol. The molecule has 0 spiro atoms. The molecule has 3 rings (SSSR count). The number of para-hydroxylation sites is 4. The number of fused-ring (bicyclic) bond motifs is 1. The number of nitrogens with one attached hydrogen (secondary N) is 2. The number of benzene rings is 2. The van der Waals surface area contributed by atoms with Crippen molar-refractivity contribution in [2.45, 2.75) is 19.4 Å². The highest BCUT2D eigenvalue weighted by Gasteiger charge is 2.47. The fourth-order valence-electron chi connectivity index (χ4n) is 2.41. The Labute approximate surface area is 139 Å². The maximum absolute atomic E-state index is 12.7. The molecule has 1 aliphatic heterocycles. The van der Waals surface area contributed by atoms with E-state index in [1.54, 1.807) is 42.5 Å². The number of rotatable bonds is 4. The van der Waals surface area contributed by atoms with Crippen molar-refractivity contribution in [1.82, 2.24) is 0 Å². The number of hydrogen-bond donors (Lipinski definition) is 2. The van der Waals surface area contributed by atoms with Crippen LogP contribution in [0.2, 0.25) is 0 Å². The summed E-state index contributed by atoms with van der Waals surface area (Å²) in [6.45, 7) is 3.76.